The van der Waals surface area contributed by atoms with Crippen molar-refractivity contribution in [2.45, 2.75) is 64.6 Å². The summed E-state index contributed by atoms with van der Waals surface area (Å²) in [7, 11) is 1.35. The maximum Gasteiger partial charge on any atom is 0.333 e. The summed E-state index contributed by atoms with van der Waals surface area (Å²) in [4.78, 5) is 34.5. The number of carbonyl (C=O) groups excluding carboxylic acids is 3. The molecule has 0 unspecified atom stereocenters. The molecule has 6 nitrogen and oxygen atoms in total. The van der Waals surface area contributed by atoms with Crippen LogP contribution in [0.1, 0.15) is 46.5 Å². The normalized spacial score (nSPS) is 24.0. The minimum Gasteiger partial charge on any atom is -0.466 e. The Bertz CT molecular complexity index is 458. The van der Waals surface area contributed by atoms with Crippen molar-refractivity contribution in [2.75, 3.05) is 7.11 Å². The third-order valence-electron chi connectivity index (χ3n) is 4.39. The van der Waals surface area contributed by atoms with Gasteiger partial charge in [-0.3, -0.25) is 4.79 Å². The summed E-state index contributed by atoms with van der Waals surface area (Å²) in [5.74, 6) is -0.641. The number of hydrogen-bond donors (Lipinski definition) is 2. The third-order valence-corrected chi connectivity index (χ3v) is 4.39. The topological polar surface area (TPSA) is 84.5 Å². The highest BCUT2D eigenvalue weighted by molar-refractivity contribution is 5.89. The molecule has 2 N–H and O–H groups in total. The van der Waals surface area contributed by atoms with E-state index in [0.29, 0.717) is 18.4 Å². The third kappa shape index (κ3) is 5.46. The van der Waals surface area contributed by atoms with Gasteiger partial charge < -0.3 is 20.2 Å². The number of hydrogen-bond acceptors (Lipinski definition) is 5. The van der Waals surface area contributed by atoms with E-state index >= 15 is 0 Å². The number of esters is 1. The Morgan fingerprint density at radius 3 is 2.52 bits per heavy atom. The Balaban J connectivity index is 3.12. The summed E-state index contributed by atoms with van der Waals surface area (Å²) >= 11 is 0. The maximum atomic E-state index is 11.9. The molecular weight excluding hydrogens is 296 g/mol. The maximum absolute atomic E-state index is 11.9. The lowest BCUT2D eigenvalue weighted by Crippen LogP contribution is -2.56. The van der Waals surface area contributed by atoms with Gasteiger partial charge in [0.2, 0.25) is 5.91 Å². The quantitative estimate of drug-likeness (QED) is 0.520. The van der Waals surface area contributed by atoms with Gasteiger partial charge in [0.15, 0.2) is 0 Å². The van der Waals surface area contributed by atoms with Crippen molar-refractivity contribution >= 4 is 18.2 Å². The molecular formula is C17H28N2O4. The largest absolute Gasteiger partial charge is 0.466 e. The highest BCUT2D eigenvalue weighted by Crippen LogP contribution is 2.28. The standard InChI is InChI=1S/C17H28N2O4/c1-5-14(6-2)19-15-10-13(17(22)23-4)9-12(7-8-20)16(15)18-11(3)21/h8,10,12,14-16,19H,5-7,9H2,1-4H3,(H,18,21)/t12-,15+,16+/m0/s1. The van der Waals surface area contributed by atoms with Crippen LogP contribution in [-0.4, -0.2) is 43.4 Å². The minimum atomic E-state index is -0.376. The van der Waals surface area contributed by atoms with Crippen LogP contribution in [-0.2, 0) is 19.1 Å². The van der Waals surface area contributed by atoms with Crippen molar-refractivity contribution in [1.82, 2.24) is 10.6 Å². The first kappa shape index (κ1) is 19.4. The summed E-state index contributed by atoms with van der Waals surface area (Å²) < 4.78 is 4.83. The van der Waals surface area contributed by atoms with Gasteiger partial charge in [-0.25, -0.2) is 4.79 Å². The summed E-state index contributed by atoms with van der Waals surface area (Å²) in [6, 6.07) is -0.135. The second-order valence-corrected chi connectivity index (χ2v) is 5.98. The summed E-state index contributed by atoms with van der Waals surface area (Å²) in [6.07, 6.45) is 5.29. The van der Waals surface area contributed by atoms with E-state index in [1.165, 1.54) is 14.0 Å². The Hall–Kier alpha value is -1.69. The van der Waals surface area contributed by atoms with E-state index < -0.39 is 0 Å². The molecule has 23 heavy (non-hydrogen) atoms. The first-order valence-corrected chi connectivity index (χ1v) is 8.22. The molecule has 0 spiro atoms. The predicted octanol–water partition coefficient (Wildman–Crippen LogP) is 1.35. The Labute approximate surface area is 138 Å². The smallest absolute Gasteiger partial charge is 0.333 e. The highest BCUT2D eigenvalue weighted by Gasteiger charge is 2.36. The van der Waals surface area contributed by atoms with Crippen LogP contribution in [0.5, 0.6) is 0 Å². The highest BCUT2D eigenvalue weighted by atomic mass is 16.5. The zero-order chi connectivity index (χ0) is 17.4. The van der Waals surface area contributed by atoms with Crippen LogP contribution in [0.25, 0.3) is 0 Å². The molecule has 0 aliphatic heterocycles. The SMILES string of the molecule is CCC(CC)N[C@@H]1C=C(C(=O)OC)C[C@H](CC=O)[C@H]1NC(C)=O. The van der Waals surface area contributed by atoms with E-state index in [-0.39, 0.29) is 35.9 Å². The molecule has 1 amide bonds. The molecule has 0 saturated carbocycles. The van der Waals surface area contributed by atoms with Crippen molar-refractivity contribution in [3.8, 4) is 0 Å². The number of amides is 1. The first-order chi connectivity index (χ1) is 11.0. The van der Waals surface area contributed by atoms with Gasteiger partial charge in [0.05, 0.1) is 13.2 Å². The van der Waals surface area contributed by atoms with Gasteiger partial charge in [0, 0.05) is 31.0 Å². The molecule has 1 rings (SSSR count). The van der Waals surface area contributed by atoms with Gasteiger partial charge in [-0.05, 0) is 25.2 Å². The fourth-order valence-corrected chi connectivity index (χ4v) is 3.12. The van der Waals surface area contributed by atoms with E-state index in [2.05, 4.69) is 24.5 Å². The molecule has 0 bridgehead atoms. The van der Waals surface area contributed by atoms with E-state index in [4.69, 9.17) is 4.74 Å². The number of nitrogens with one attached hydrogen (secondary N) is 2. The van der Waals surface area contributed by atoms with Crippen LogP contribution >= 0.6 is 0 Å². The van der Waals surface area contributed by atoms with Crippen molar-refractivity contribution in [3.05, 3.63) is 11.6 Å². The van der Waals surface area contributed by atoms with Gasteiger partial charge in [0.25, 0.3) is 0 Å². The van der Waals surface area contributed by atoms with Gasteiger partial charge in [-0.1, -0.05) is 19.9 Å². The lowest BCUT2D eigenvalue weighted by molar-refractivity contribution is -0.136. The van der Waals surface area contributed by atoms with Crippen molar-refractivity contribution in [1.29, 1.82) is 0 Å². The van der Waals surface area contributed by atoms with Crippen LogP contribution in [0.15, 0.2) is 11.6 Å². The van der Waals surface area contributed by atoms with Crippen LogP contribution in [0, 0.1) is 5.92 Å². The second-order valence-electron chi connectivity index (χ2n) is 5.98. The first-order valence-electron chi connectivity index (χ1n) is 8.22. The van der Waals surface area contributed by atoms with Crippen molar-refractivity contribution in [3.63, 3.8) is 0 Å². The molecule has 0 radical (unpaired) electrons. The Kier molecular flexibility index (Phi) is 7.95. The molecule has 6 heteroatoms. The summed E-state index contributed by atoms with van der Waals surface area (Å²) in [5.41, 5.74) is 0.560. The molecule has 0 aromatic carbocycles. The number of ether oxygens (including phenoxy) is 1. The molecule has 130 valence electrons. The van der Waals surface area contributed by atoms with E-state index in [1.54, 1.807) is 0 Å². The molecule has 0 aromatic heterocycles. The second kappa shape index (κ2) is 9.45. The zero-order valence-corrected chi connectivity index (χ0v) is 14.4. The van der Waals surface area contributed by atoms with Crippen LogP contribution < -0.4 is 10.6 Å². The fourth-order valence-electron chi connectivity index (χ4n) is 3.12. The van der Waals surface area contributed by atoms with E-state index in [9.17, 15) is 14.4 Å². The van der Waals surface area contributed by atoms with Gasteiger partial charge in [-0.2, -0.15) is 0 Å². The molecule has 1 aliphatic rings. The van der Waals surface area contributed by atoms with Crippen molar-refractivity contribution in [2.24, 2.45) is 5.92 Å². The summed E-state index contributed by atoms with van der Waals surface area (Å²) in [5, 5.41) is 6.43. The lowest BCUT2D eigenvalue weighted by atomic mass is 9.79. The minimum absolute atomic E-state index is 0.123. The molecule has 3 atom stereocenters. The molecule has 0 saturated heterocycles. The number of aldehydes is 1. The van der Waals surface area contributed by atoms with Gasteiger partial charge in [-0.15, -0.1) is 0 Å². The van der Waals surface area contributed by atoms with E-state index in [1.807, 2.05) is 6.08 Å². The van der Waals surface area contributed by atoms with Crippen LogP contribution in [0.3, 0.4) is 0 Å². The van der Waals surface area contributed by atoms with Gasteiger partial charge >= 0.3 is 5.97 Å². The van der Waals surface area contributed by atoms with Gasteiger partial charge in [0.1, 0.15) is 6.29 Å². The Morgan fingerprint density at radius 1 is 1.39 bits per heavy atom. The monoisotopic (exact) mass is 324 g/mol. The van der Waals surface area contributed by atoms with E-state index in [0.717, 1.165) is 19.1 Å². The lowest BCUT2D eigenvalue weighted by Gasteiger charge is -2.38. The number of methoxy groups -OCH3 is 1. The fraction of sp³-hybridized carbons (Fsp3) is 0.706. The molecule has 1 aliphatic carbocycles. The average molecular weight is 324 g/mol. The molecule has 0 heterocycles. The molecule has 0 fully saturated rings. The summed E-state index contributed by atoms with van der Waals surface area (Å²) in [6.45, 7) is 5.64. The van der Waals surface area contributed by atoms with Crippen molar-refractivity contribution < 1.29 is 19.1 Å². The average Bonchev–Trinajstić information content (AvgIpc) is 2.53. The van der Waals surface area contributed by atoms with Crippen LogP contribution in [0.4, 0.5) is 0 Å². The number of carbonyl (C=O) groups is 3. The molecule has 0 aromatic rings. The predicted molar refractivity (Wildman–Crippen MR) is 87.8 cm³/mol. The Morgan fingerprint density at radius 2 is 2.04 bits per heavy atom. The zero-order valence-electron chi connectivity index (χ0n) is 14.4. The number of rotatable bonds is 8. The van der Waals surface area contributed by atoms with Crippen LogP contribution in [0.2, 0.25) is 0 Å².